The zero-order valence-corrected chi connectivity index (χ0v) is 16.8. The van der Waals surface area contributed by atoms with Crippen molar-refractivity contribution >= 4 is 29.7 Å². The summed E-state index contributed by atoms with van der Waals surface area (Å²) >= 11 is 0. The van der Waals surface area contributed by atoms with Gasteiger partial charge in [-0.25, -0.2) is 27.1 Å². The monoisotopic (exact) mass is 398 g/mol. The van der Waals surface area contributed by atoms with E-state index in [1.165, 1.54) is 24.5 Å². The lowest BCUT2D eigenvalue weighted by Crippen LogP contribution is -2.35. The van der Waals surface area contributed by atoms with E-state index >= 15 is 0 Å². The van der Waals surface area contributed by atoms with Gasteiger partial charge in [-0.2, -0.15) is 0 Å². The van der Waals surface area contributed by atoms with Crippen molar-refractivity contribution < 1.29 is 17.5 Å². The van der Waals surface area contributed by atoms with Crippen LogP contribution in [-0.2, 0) is 14.8 Å². The normalized spacial score (nSPS) is 12.2. The van der Waals surface area contributed by atoms with E-state index in [4.69, 9.17) is 10.5 Å². The van der Waals surface area contributed by atoms with Crippen LogP contribution in [0.4, 0.5) is 16.0 Å². The molecule has 0 saturated heterocycles. The lowest BCUT2D eigenvalue weighted by Gasteiger charge is -2.23. The van der Waals surface area contributed by atoms with E-state index in [2.05, 4.69) is 29.6 Å². The third-order valence-corrected chi connectivity index (χ3v) is 6.94. The van der Waals surface area contributed by atoms with Crippen molar-refractivity contribution in [3.63, 3.8) is 0 Å². The number of nitrogens with zero attached hydrogens (tertiary/aromatic N) is 3. The first kappa shape index (κ1) is 20.3. The Kier molecular flexibility index (Phi) is 6.32. The average Bonchev–Trinajstić information content (AvgIpc) is 2.56. The van der Waals surface area contributed by atoms with E-state index in [9.17, 15) is 12.8 Å². The van der Waals surface area contributed by atoms with Crippen LogP contribution in [0.15, 0.2) is 41.6 Å². The SMILES string of the molecule is C[Si](C)(C)CCOCN(c1ncccn1)S(=O)(=O)c1ccc(N)c(F)c1. The fourth-order valence-corrected chi connectivity index (χ4v) is 4.00. The number of benzene rings is 1. The number of ether oxygens (including phenoxy) is 1. The third-order valence-electron chi connectivity index (χ3n) is 3.54. The number of rotatable bonds is 8. The van der Waals surface area contributed by atoms with Gasteiger partial charge in [0, 0.05) is 27.1 Å². The number of nitrogens with two attached hydrogens (primary N) is 1. The average molecular weight is 399 g/mol. The lowest BCUT2D eigenvalue weighted by molar-refractivity contribution is 0.155. The maximum Gasteiger partial charge on any atom is 0.268 e. The molecule has 2 N–H and O–H groups in total. The van der Waals surface area contributed by atoms with Crippen molar-refractivity contribution in [2.75, 3.05) is 23.4 Å². The number of sulfonamides is 1. The molecule has 1 heterocycles. The van der Waals surface area contributed by atoms with Crippen molar-refractivity contribution in [1.82, 2.24) is 9.97 Å². The van der Waals surface area contributed by atoms with Crippen LogP contribution in [0.1, 0.15) is 0 Å². The van der Waals surface area contributed by atoms with E-state index in [0.717, 1.165) is 16.4 Å². The van der Waals surface area contributed by atoms with E-state index < -0.39 is 23.9 Å². The molecule has 1 aromatic heterocycles. The molecule has 0 amide bonds. The van der Waals surface area contributed by atoms with Crippen LogP contribution in [-0.4, -0.2) is 39.8 Å². The maximum atomic E-state index is 13.7. The zero-order valence-electron chi connectivity index (χ0n) is 15.0. The molecule has 7 nitrogen and oxygen atoms in total. The minimum atomic E-state index is -4.11. The highest BCUT2D eigenvalue weighted by atomic mass is 32.2. The summed E-state index contributed by atoms with van der Waals surface area (Å²) in [6.45, 7) is 6.75. The van der Waals surface area contributed by atoms with Crippen LogP contribution in [0.3, 0.4) is 0 Å². The predicted molar refractivity (Wildman–Crippen MR) is 101 cm³/mol. The Labute approximate surface area is 154 Å². The number of hydrogen-bond acceptors (Lipinski definition) is 6. The second kappa shape index (κ2) is 8.10. The zero-order chi connectivity index (χ0) is 19.4. The van der Waals surface area contributed by atoms with Gasteiger partial charge in [-0.3, -0.25) is 0 Å². The molecule has 0 bridgehead atoms. The number of aromatic nitrogens is 2. The highest BCUT2D eigenvalue weighted by Crippen LogP contribution is 2.23. The van der Waals surface area contributed by atoms with E-state index in [0.29, 0.717) is 6.61 Å². The molecule has 0 saturated carbocycles. The molecule has 2 rings (SSSR count). The molecule has 1 aromatic carbocycles. The summed E-state index contributed by atoms with van der Waals surface area (Å²) in [6.07, 6.45) is 2.85. The molecule has 0 unspecified atom stereocenters. The van der Waals surface area contributed by atoms with Crippen LogP contribution in [0, 0.1) is 5.82 Å². The van der Waals surface area contributed by atoms with E-state index in [1.807, 2.05) is 0 Å². The quantitative estimate of drug-likeness (QED) is 0.318. The van der Waals surface area contributed by atoms with Crippen LogP contribution < -0.4 is 10.0 Å². The summed E-state index contributed by atoms with van der Waals surface area (Å²) in [4.78, 5) is 7.72. The van der Waals surface area contributed by atoms with E-state index in [1.54, 1.807) is 6.07 Å². The standard InChI is InChI=1S/C16H23FN4O3SSi/c1-26(2,3)10-9-24-12-21(16-19-7-4-8-20-16)25(22,23)13-5-6-15(18)14(17)11-13/h4-8,11H,9-10,12,18H2,1-3H3. The van der Waals surface area contributed by atoms with Crippen molar-refractivity contribution in [2.45, 2.75) is 30.6 Å². The van der Waals surface area contributed by atoms with Crippen molar-refractivity contribution in [2.24, 2.45) is 0 Å². The fraction of sp³-hybridized carbons (Fsp3) is 0.375. The molecule has 0 aliphatic heterocycles. The van der Waals surface area contributed by atoms with Gasteiger partial charge in [0.05, 0.1) is 10.6 Å². The Hall–Kier alpha value is -2.04. The minimum Gasteiger partial charge on any atom is -0.396 e. The first-order chi connectivity index (χ1) is 12.1. The molecule has 10 heteroatoms. The topological polar surface area (TPSA) is 98.4 Å². The molecule has 26 heavy (non-hydrogen) atoms. The second-order valence-corrected chi connectivity index (χ2v) is 14.4. The van der Waals surface area contributed by atoms with Crippen LogP contribution in [0.2, 0.25) is 25.7 Å². The number of nitrogen functional groups attached to an aromatic ring is 1. The smallest absolute Gasteiger partial charge is 0.268 e. The summed E-state index contributed by atoms with van der Waals surface area (Å²) < 4.78 is 46.1. The summed E-state index contributed by atoms with van der Waals surface area (Å²) in [5.41, 5.74) is 5.30. The van der Waals surface area contributed by atoms with Gasteiger partial charge in [0.15, 0.2) is 0 Å². The Morgan fingerprint density at radius 2 is 1.88 bits per heavy atom. The molecule has 0 aliphatic rings. The number of halogens is 1. The molecular weight excluding hydrogens is 375 g/mol. The van der Waals surface area contributed by atoms with Gasteiger partial charge in [-0.15, -0.1) is 0 Å². The molecule has 0 fully saturated rings. The third kappa shape index (κ3) is 5.23. The van der Waals surface area contributed by atoms with Crippen molar-refractivity contribution in [3.05, 3.63) is 42.5 Å². The summed E-state index contributed by atoms with van der Waals surface area (Å²) in [5.74, 6) is -0.850. The van der Waals surface area contributed by atoms with Gasteiger partial charge in [0.2, 0.25) is 5.95 Å². The minimum absolute atomic E-state index is 0.0438. The highest BCUT2D eigenvalue weighted by Gasteiger charge is 2.28. The molecule has 142 valence electrons. The summed E-state index contributed by atoms with van der Waals surface area (Å²) in [5, 5.41) is 0. The number of anilines is 2. The van der Waals surface area contributed by atoms with Gasteiger partial charge in [0.25, 0.3) is 10.0 Å². The molecule has 2 aromatic rings. The second-order valence-electron chi connectivity index (χ2n) is 6.93. The van der Waals surface area contributed by atoms with Gasteiger partial charge in [-0.1, -0.05) is 19.6 Å². The molecular formula is C16H23FN4O3SSi. The Bertz CT molecular complexity index is 844. The van der Waals surface area contributed by atoms with Gasteiger partial charge < -0.3 is 10.5 Å². The Balaban J connectivity index is 2.29. The Morgan fingerprint density at radius 1 is 1.23 bits per heavy atom. The first-order valence-electron chi connectivity index (χ1n) is 8.04. The van der Waals surface area contributed by atoms with Crippen LogP contribution in [0.5, 0.6) is 0 Å². The van der Waals surface area contributed by atoms with Gasteiger partial charge in [0.1, 0.15) is 12.5 Å². The van der Waals surface area contributed by atoms with Crippen molar-refractivity contribution in [1.29, 1.82) is 0 Å². The Morgan fingerprint density at radius 3 is 2.46 bits per heavy atom. The number of hydrogen-bond donors (Lipinski definition) is 1. The molecule has 0 spiro atoms. The predicted octanol–water partition coefficient (Wildman–Crippen LogP) is 2.71. The van der Waals surface area contributed by atoms with Crippen LogP contribution >= 0.6 is 0 Å². The maximum absolute atomic E-state index is 13.7. The molecule has 0 radical (unpaired) electrons. The fourth-order valence-electron chi connectivity index (χ4n) is 1.98. The largest absolute Gasteiger partial charge is 0.396 e. The van der Waals surface area contributed by atoms with Gasteiger partial charge >= 0.3 is 0 Å². The summed E-state index contributed by atoms with van der Waals surface area (Å²) in [7, 11) is -5.43. The lowest BCUT2D eigenvalue weighted by atomic mass is 10.3. The molecule has 0 aliphatic carbocycles. The van der Waals surface area contributed by atoms with Crippen LogP contribution in [0.25, 0.3) is 0 Å². The van der Waals surface area contributed by atoms with Gasteiger partial charge in [-0.05, 0) is 30.3 Å². The first-order valence-corrected chi connectivity index (χ1v) is 13.2. The summed E-state index contributed by atoms with van der Waals surface area (Å²) in [6, 6.07) is 5.78. The molecule has 0 atom stereocenters. The highest BCUT2D eigenvalue weighted by molar-refractivity contribution is 7.92. The van der Waals surface area contributed by atoms with Crippen molar-refractivity contribution in [3.8, 4) is 0 Å². The van der Waals surface area contributed by atoms with E-state index in [-0.39, 0.29) is 23.3 Å².